The molecule has 0 saturated carbocycles. The number of ether oxygens (including phenoxy) is 2. The van der Waals surface area contributed by atoms with Crippen LogP contribution < -0.4 is 14.5 Å². The molecule has 0 amide bonds. The van der Waals surface area contributed by atoms with Crippen molar-refractivity contribution in [1.82, 2.24) is 14.9 Å². The van der Waals surface area contributed by atoms with Crippen LogP contribution in [-0.4, -0.2) is 72.8 Å². The second kappa shape index (κ2) is 12.5. The van der Waals surface area contributed by atoms with Crippen molar-refractivity contribution in [2.24, 2.45) is 5.41 Å². The van der Waals surface area contributed by atoms with E-state index in [1.165, 1.54) is 24.7 Å². The maximum Gasteiger partial charge on any atom is 0.339 e. The molecule has 47 heavy (non-hydrogen) atoms. The van der Waals surface area contributed by atoms with Gasteiger partial charge in [-0.3, -0.25) is 4.90 Å². The van der Waals surface area contributed by atoms with Crippen LogP contribution in [0.3, 0.4) is 0 Å². The number of piperazine rings is 1. The molecule has 1 fully saturated rings. The van der Waals surface area contributed by atoms with Crippen molar-refractivity contribution in [2.75, 3.05) is 49.6 Å². The number of esters is 1. The van der Waals surface area contributed by atoms with Gasteiger partial charge in [-0.15, -0.1) is 0 Å². The summed E-state index contributed by atoms with van der Waals surface area (Å²) in [5.74, 6) is 0.197. The molecule has 1 unspecified atom stereocenters. The minimum Gasteiger partial charge on any atom is -0.471 e. The van der Waals surface area contributed by atoms with Crippen LogP contribution in [0.1, 0.15) is 62.9 Å². The number of nitrogens with zero attached hydrogens (tertiary/aromatic N) is 4. The van der Waals surface area contributed by atoms with Gasteiger partial charge in [0, 0.05) is 54.5 Å². The zero-order chi connectivity index (χ0) is 32.9. The Hall–Kier alpha value is -4.01. The first kappa shape index (κ1) is 31.6. The number of aromatic nitrogens is 2. The van der Waals surface area contributed by atoms with E-state index in [2.05, 4.69) is 70.8 Å². The zero-order valence-corrected chi connectivity index (χ0v) is 28.7. The number of aromatic amines is 1. The summed E-state index contributed by atoms with van der Waals surface area (Å²) in [4.78, 5) is 28.2. The van der Waals surface area contributed by atoms with Crippen molar-refractivity contribution >= 4 is 51.2 Å². The Labute approximate surface area is 282 Å². The van der Waals surface area contributed by atoms with Crippen molar-refractivity contribution < 1.29 is 14.3 Å². The van der Waals surface area contributed by atoms with Gasteiger partial charge in [0.1, 0.15) is 17.4 Å². The fourth-order valence-electron chi connectivity index (χ4n) is 7.56. The Balaban J connectivity index is 1.15. The van der Waals surface area contributed by atoms with Crippen molar-refractivity contribution in [3.63, 3.8) is 0 Å². The zero-order valence-electron chi connectivity index (χ0n) is 28.0. The molecule has 8 nitrogen and oxygen atoms in total. The van der Waals surface area contributed by atoms with E-state index >= 15 is 0 Å². The summed E-state index contributed by atoms with van der Waals surface area (Å²) in [6.45, 7) is 13.5. The van der Waals surface area contributed by atoms with Crippen LogP contribution in [-0.2, 0) is 4.74 Å². The van der Waals surface area contributed by atoms with Crippen LogP contribution >= 0.6 is 11.6 Å². The maximum atomic E-state index is 13.1. The van der Waals surface area contributed by atoms with Gasteiger partial charge in [0.15, 0.2) is 0 Å². The summed E-state index contributed by atoms with van der Waals surface area (Å²) in [5, 5.41) is 1.77. The van der Waals surface area contributed by atoms with Crippen molar-refractivity contribution in [2.45, 2.75) is 59.1 Å². The van der Waals surface area contributed by atoms with Gasteiger partial charge in [0.2, 0.25) is 5.88 Å². The average molecular weight is 654 g/mol. The number of fused-ring (bicyclic) bond motifs is 2. The molecule has 1 saturated heterocycles. The summed E-state index contributed by atoms with van der Waals surface area (Å²) in [6.07, 6.45) is 5.17. The number of hydrogen-bond acceptors (Lipinski definition) is 7. The van der Waals surface area contributed by atoms with Gasteiger partial charge in [-0.05, 0) is 97.7 Å². The van der Waals surface area contributed by atoms with Crippen LogP contribution in [0.5, 0.6) is 5.88 Å². The summed E-state index contributed by atoms with van der Waals surface area (Å²) >= 11 is 6.26. The molecule has 2 atom stereocenters. The van der Waals surface area contributed by atoms with Crippen LogP contribution in [0.2, 0.25) is 5.02 Å². The monoisotopic (exact) mass is 653 g/mol. The largest absolute Gasteiger partial charge is 0.471 e. The molecule has 2 aromatic heterocycles. The number of H-pyrrole nitrogens is 1. The first-order valence-electron chi connectivity index (χ1n) is 16.7. The lowest BCUT2D eigenvalue weighted by molar-refractivity contribution is 0.0601. The number of methoxy groups -OCH3 is 1. The number of carbonyl (C=O) groups excluding carboxylic acids is 1. The Morgan fingerprint density at radius 2 is 1.83 bits per heavy atom. The van der Waals surface area contributed by atoms with Crippen molar-refractivity contribution in [3.05, 3.63) is 82.5 Å². The molecule has 9 heteroatoms. The fourth-order valence-corrected chi connectivity index (χ4v) is 7.69. The Kier molecular flexibility index (Phi) is 8.43. The highest BCUT2D eigenvalue weighted by Crippen LogP contribution is 2.45. The number of rotatable bonds is 6. The predicted octanol–water partition coefficient (Wildman–Crippen LogP) is 8.10. The number of halogens is 1. The highest BCUT2D eigenvalue weighted by molar-refractivity contribution is 6.30. The molecule has 7 rings (SSSR count). The number of anilines is 3. The lowest BCUT2D eigenvalue weighted by Gasteiger charge is -2.43. The first-order valence-corrected chi connectivity index (χ1v) is 17.1. The van der Waals surface area contributed by atoms with Gasteiger partial charge in [-0.2, -0.15) is 4.98 Å². The van der Waals surface area contributed by atoms with Gasteiger partial charge in [0.05, 0.1) is 24.9 Å². The van der Waals surface area contributed by atoms with Gasteiger partial charge >= 0.3 is 5.97 Å². The topological polar surface area (TPSA) is 73.9 Å². The molecule has 0 radical (unpaired) electrons. The van der Waals surface area contributed by atoms with E-state index in [0.717, 1.165) is 72.1 Å². The van der Waals surface area contributed by atoms with E-state index in [0.29, 0.717) is 24.0 Å². The van der Waals surface area contributed by atoms with E-state index in [-0.39, 0.29) is 17.5 Å². The molecule has 2 aromatic carbocycles. The van der Waals surface area contributed by atoms with E-state index in [9.17, 15) is 4.79 Å². The molecule has 4 aromatic rings. The third kappa shape index (κ3) is 6.21. The molecule has 246 valence electrons. The smallest absolute Gasteiger partial charge is 0.339 e. The van der Waals surface area contributed by atoms with E-state index in [1.807, 2.05) is 37.4 Å². The van der Waals surface area contributed by atoms with E-state index < -0.39 is 0 Å². The lowest BCUT2D eigenvalue weighted by atomic mass is 9.71. The van der Waals surface area contributed by atoms with E-state index in [4.69, 9.17) is 26.1 Å². The van der Waals surface area contributed by atoms with Gasteiger partial charge in [0.25, 0.3) is 0 Å². The first-order chi connectivity index (χ1) is 22.6. The van der Waals surface area contributed by atoms with Crippen LogP contribution in [0.4, 0.5) is 17.1 Å². The highest BCUT2D eigenvalue weighted by Gasteiger charge is 2.34. The van der Waals surface area contributed by atoms with Crippen molar-refractivity contribution in [3.8, 4) is 5.88 Å². The molecular weight excluding hydrogens is 610 g/mol. The summed E-state index contributed by atoms with van der Waals surface area (Å²) in [5.41, 5.74) is 8.69. The maximum absolute atomic E-state index is 13.1. The molecule has 3 aliphatic rings. The number of hydrogen-bond donors (Lipinski definition) is 1. The quantitative estimate of drug-likeness (QED) is 0.211. The molecule has 1 aliphatic carbocycles. The standard InChI is InChI=1S/C38H44ClN5O3/c1-24-23-44(34-20-27-13-15-40-35(27)41-36(34)47-24)33-21-29(10-11-31(33)37(45)46-5)43-18-16-42(17-19-43)25(2)30-12-14-38(3,4)22-32(30)26-6-8-28(39)9-7-26/h6-11,13,15,20-21,24-25H,12,14,16-19,22-23H2,1-5H3,(H,40,41)/t24-,25?/m1/s1. The minimum absolute atomic E-state index is 0.112. The summed E-state index contributed by atoms with van der Waals surface area (Å²) in [7, 11) is 1.43. The number of benzene rings is 2. The van der Waals surface area contributed by atoms with Gasteiger partial charge in [-0.25, -0.2) is 4.79 Å². The van der Waals surface area contributed by atoms with E-state index in [1.54, 1.807) is 5.57 Å². The average Bonchev–Trinajstić information content (AvgIpc) is 3.53. The normalized spacial score (nSPS) is 20.6. The molecule has 0 spiro atoms. The molecular formula is C38H44ClN5O3. The third-order valence-electron chi connectivity index (χ3n) is 10.2. The Morgan fingerprint density at radius 1 is 1.06 bits per heavy atom. The number of nitrogens with one attached hydrogen (secondary N) is 1. The highest BCUT2D eigenvalue weighted by atomic mass is 35.5. The Morgan fingerprint density at radius 3 is 2.57 bits per heavy atom. The summed E-state index contributed by atoms with van der Waals surface area (Å²) in [6, 6.07) is 18.9. The van der Waals surface area contributed by atoms with Gasteiger partial charge in [-0.1, -0.05) is 37.6 Å². The number of allylic oxidation sites excluding steroid dienone is 1. The molecule has 0 bridgehead atoms. The molecule has 1 N–H and O–H groups in total. The Bertz CT molecular complexity index is 1820. The third-order valence-corrected chi connectivity index (χ3v) is 10.5. The van der Waals surface area contributed by atoms with Crippen molar-refractivity contribution in [1.29, 1.82) is 0 Å². The van der Waals surface area contributed by atoms with Crippen LogP contribution in [0.25, 0.3) is 16.6 Å². The molecule has 2 aliphatic heterocycles. The SMILES string of the molecule is COC(=O)c1ccc(N2CCN(C(C)C3=C(c4ccc(Cl)cc4)CC(C)(C)CC3)CC2)cc1N1C[C@@H](C)Oc2nc3[nH]ccc3cc21. The second-order valence-electron chi connectivity index (χ2n) is 14.0. The minimum atomic E-state index is -0.359. The van der Waals surface area contributed by atoms with Crippen LogP contribution in [0.15, 0.2) is 66.4 Å². The fraction of sp³-hybridized carbons (Fsp3) is 0.421. The number of carbonyl (C=O) groups is 1. The number of pyridine rings is 1. The van der Waals surface area contributed by atoms with Gasteiger partial charge < -0.3 is 24.3 Å². The second-order valence-corrected chi connectivity index (χ2v) is 14.4. The molecule has 4 heterocycles. The predicted molar refractivity (Wildman–Crippen MR) is 190 cm³/mol. The summed E-state index contributed by atoms with van der Waals surface area (Å²) < 4.78 is 11.4. The lowest BCUT2D eigenvalue weighted by Crippen LogP contribution is -2.50. The van der Waals surface area contributed by atoms with Crippen LogP contribution in [0, 0.1) is 5.41 Å².